The lowest BCUT2D eigenvalue weighted by molar-refractivity contribution is -0.120. The molecule has 0 amide bonds. The Morgan fingerprint density at radius 2 is 2.00 bits per heavy atom. The Bertz CT molecular complexity index is 326. The largest absolute Gasteiger partial charge is 0.411 e. The number of carbonyl (C=O) groups is 1. The zero-order valence-electron chi connectivity index (χ0n) is 12.7. The molecule has 104 valence electrons. The molecule has 0 bridgehead atoms. The molecule has 0 heterocycles. The highest BCUT2D eigenvalue weighted by Crippen LogP contribution is 2.31. The van der Waals surface area contributed by atoms with Crippen LogP contribution in [-0.2, 0) is 9.22 Å². The molecule has 0 aromatic heterocycles. The summed E-state index contributed by atoms with van der Waals surface area (Å²) in [5, 5.41) is 0. The highest BCUT2D eigenvalue weighted by atomic mass is 28.4. The van der Waals surface area contributed by atoms with Crippen molar-refractivity contribution < 1.29 is 9.22 Å². The first kappa shape index (κ1) is 15.6. The van der Waals surface area contributed by atoms with Crippen LogP contribution in [0.4, 0.5) is 0 Å². The van der Waals surface area contributed by atoms with Crippen LogP contribution in [0, 0.1) is 11.8 Å². The minimum atomic E-state index is -1.51. The van der Waals surface area contributed by atoms with Crippen LogP contribution < -0.4 is 0 Å². The van der Waals surface area contributed by atoms with Crippen molar-refractivity contribution in [3.63, 3.8) is 0 Å². The van der Waals surface area contributed by atoms with E-state index < -0.39 is 8.32 Å². The van der Waals surface area contributed by atoms with Crippen LogP contribution in [0.3, 0.4) is 0 Å². The highest BCUT2D eigenvalue weighted by molar-refractivity contribution is 6.69. The van der Waals surface area contributed by atoms with Gasteiger partial charge in [0.15, 0.2) is 8.32 Å². The molecule has 0 aromatic carbocycles. The zero-order chi connectivity index (χ0) is 13.9. The maximum atomic E-state index is 11.4. The van der Waals surface area contributed by atoms with Gasteiger partial charge in [-0.05, 0) is 57.3 Å². The molecule has 18 heavy (non-hydrogen) atoms. The molecule has 2 nitrogen and oxygen atoms in total. The first-order chi connectivity index (χ1) is 8.20. The van der Waals surface area contributed by atoms with Gasteiger partial charge in [0, 0.05) is 5.92 Å². The normalized spacial score (nSPS) is 22.8. The van der Waals surface area contributed by atoms with Crippen LogP contribution in [0.25, 0.3) is 0 Å². The van der Waals surface area contributed by atoms with E-state index in [0.29, 0.717) is 11.7 Å². The van der Waals surface area contributed by atoms with E-state index in [-0.39, 0.29) is 12.0 Å². The number of Topliss-reactive ketones (excluding diaryl/α,β-unsaturated/α-hetero) is 1. The quantitative estimate of drug-likeness (QED) is 0.552. The average Bonchev–Trinajstić information content (AvgIpc) is 2.24. The second-order valence-corrected chi connectivity index (χ2v) is 11.2. The topological polar surface area (TPSA) is 26.3 Å². The predicted octanol–water partition coefficient (Wildman–Crippen LogP) is 4.18. The van der Waals surface area contributed by atoms with Crippen molar-refractivity contribution in [3.05, 3.63) is 11.6 Å². The Morgan fingerprint density at radius 1 is 1.39 bits per heavy atom. The second-order valence-electron chi connectivity index (χ2n) is 6.76. The smallest absolute Gasteiger partial charge is 0.184 e. The summed E-state index contributed by atoms with van der Waals surface area (Å²) >= 11 is 0. The molecule has 3 heteroatoms. The van der Waals surface area contributed by atoms with Gasteiger partial charge in [-0.15, -0.1) is 0 Å². The Kier molecular flexibility index (Phi) is 5.35. The maximum Gasteiger partial charge on any atom is 0.184 e. The summed E-state index contributed by atoms with van der Waals surface area (Å²) in [6, 6.07) is 0. The fourth-order valence-electron chi connectivity index (χ4n) is 2.50. The molecular weight excluding hydrogens is 240 g/mol. The van der Waals surface area contributed by atoms with Crippen LogP contribution in [-0.4, -0.2) is 20.2 Å². The van der Waals surface area contributed by atoms with Crippen LogP contribution in [0.5, 0.6) is 0 Å². The molecular formula is C15H28O2Si. The summed E-state index contributed by atoms with van der Waals surface area (Å²) in [5.41, 5.74) is 1.42. The molecule has 0 saturated carbocycles. The number of allylic oxidation sites excluding steroid dienone is 1. The van der Waals surface area contributed by atoms with Gasteiger partial charge in [-0.3, -0.25) is 4.79 Å². The monoisotopic (exact) mass is 268 g/mol. The Labute approximate surface area is 113 Å². The molecule has 2 atom stereocenters. The second kappa shape index (κ2) is 6.16. The Morgan fingerprint density at radius 3 is 2.33 bits per heavy atom. The summed E-state index contributed by atoms with van der Waals surface area (Å²) in [7, 11) is -1.51. The predicted molar refractivity (Wildman–Crippen MR) is 79.2 cm³/mol. The van der Waals surface area contributed by atoms with Gasteiger partial charge in [-0.25, -0.2) is 0 Å². The molecule has 0 radical (unpaired) electrons. The van der Waals surface area contributed by atoms with Gasteiger partial charge in [0.2, 0.25) is 0 Å². The van der Waals surface area contributed by atoms with E-state index >= 15 is 0 Å². The van der Waals surface area contributed by atoms with E-state index in [9.17, 15) is 4.79 Å². The van der Waals surface area contributed by atoms with Crippen molar-refractivity contribution in [1.82, 2.24) is 0 Å². The third kappa shape index (κ3) is 4.69. The summed E-state index contributed by atoms with van der Waals surface area (Å²) in [6.07, 6.45) is 5.45. The van der Waals surface area contributed by atoms with Crippen LogP contribution in [0.1, 0.15) is 40.0 Å². The van der Waals surface area contributed by atoms with Crippen molar-refractivity contribution in [3.8, 4) is 0 Å². The van der Waals surface area contributed by atoms with Gasteiger partial charge in [0.05, 0.1) is 6.10 Å². The van der Waals surface area contributed by atoms with E-state index in [4.69, 9.17) is 4.43 Å². The lowest BCUT2D eigenvalue weighted by atomic mass is 9.83. The minimum absolute atomic E-state index is 0.244. The highest BCUT2D eigenvalue weighted by Gasteiger charge is 2.29. The fourth-order valence-corrected chi connectivity index (χ4v) is 3.69. The van der Waals surface area contributed by atoms with Crippen LogP contribution in [0.2, 0.25) is 19.6 Å². The van der Waals surface area contributed by atoms with Crippen molar-refractivity contribution in [1.29, 1.82) is 0 Å². The SMILES string of the molecule is CC(=O)[C@@H]1CC=C([C@H](O[Si](C)(C)C)C(C)C)CC1. The zero-order valence-corrected chi connectivity index (χ0v) is 13.7. The van der Waals surface area contributed by atoms with E-state index in [2.05, 4.69) is 39.6 Å². The average molecular weight is 268 g/mol. The summed E-state index contributed by atoms with van der Waals surface area (Å²) in [4.78, 5) is 11.4. The summed E-state index contributed by atoms with van der Waals surface area (Å²) < 4.78 is 6.32. The van der Waals surface area contributed by atoms with E-state index in [0.717, 1.165) is 19.3 Å². The van der Waals surface area contributed by atoms with Crippen molar-refractivity contribution >= 4 is 14.1 Å². The number of carbonyl (C=O) groups excluding carboxylic acids is 1. The Balaban J connectivity index is 2.74. The maximum absolute atomic E-state index is 11.4. The summed E-state index contributed by atoms with van der Waals surface area (Å²) in [6.45, 7) is 12.9. The lowest BCUT2D eigenvalue weighted by Gasteiger charge is -2.33. The molecule has 1 aliphatic rings. The molecule has 0 unspecified atom stereocenters. The minimum Gasteiger partial charge on any atom is -0.411 e. The lowest BCUT2D eigenvalue weighted by Crippen LogP contribution is -2.36. The fraction of sp³-hybridized carbons (Fsp3) is 0.800. The van der Waals surface area contributed by atoms with E-state index in [1.54, 1.807) is 6.92 Å². The third-order valence-electron chi connectivity index (χ3n) is 3.47. The third-order valence-corrected chi connectivity index (χ3v) is 4.43. The van der Waals surface area contributed by atoms with Crippen LogP contribution >= 0.6 is 0 Å². The number of ketones is 1. The molecule has 1 rings (SSSR count). The molecule has 0 aromatic rings. The first-order valence-electron chi connectivity index (χ1n) is 7.08. The van der Waals surface area contributed by atoms with E-state index in [1.807, 2.05) is 0 Å². The van der Waals surface area contributed by atoms with Gasteiger partial charge in [-0.2, -0.15) is 0 Å². The number of hydrogen-bond acceptors (Lipinski definition) is 2. The van der Waals surface area contributed by atoms with Gasteiger partial charge in [-0.1, -0.05) is 19.9 Å². The van der Waals surface area contributed by atoms with Crippen LogP contribution in [0.15, 0.2) is 11.6 Å². The molecule has 0 saturated heterocycles. The molecule has 0 fully saturated rings. The van der Waals surface area contributed by atoms with E-state index in [1.165, 1.54) is 5.57 Å². The van der Waals surface area contributed by atoms with Gasteiger partial charge in [0.1, 0.15) is 5.78 Å². The molecule has 0 aliphatic heterocycles. The van der Waals surface area contributed by atoms with Crippen molar-refractivity contribution in [2.75, 3.05) is 0 Å². The molecule has 0 N–H and O–H groups in total. The Hall–Kier alpha value is -0.413. The number of rotatable bonds is 5. The van der Waals surface area contributed by atoms with Gasteiger partial charge < -0.3 is 4.43 Å². The molecule has 0 spiro atoms. The van der Waals surface area contributed by atoms with Gasteiger partial charge >= 0.3 is 0 Å². The summed E-state index contributed by atoms with van der Waals surface area (Å²) in [5.74, 6) is 1.09. The van der Waals surface area contributed by atoms with Gasteiger partial charge in [0.25, 0.3) is 0 Å². The first-order valence-corrected chi connectivity index (χ1v) is 10.5. The van der Waals surface area contributed by atoms with Crippen molar-refractivity contribution in [2.45, 2.75) is 65.8 Å². The molecule has 1 aliphatic carbocycles. The van der Waals surface area contributed by atoms with Crippen molar-refractivity contribution in [2.24, 2.45) is 11.8 Å². The number of hydrogen-bond donors (Lipinski definition) is 0. The standard InChI is InChI=1S/C15H28O2Si/c1-11(2)15(17-18(4,5)6)14-9-7-13(8-10-14)12(3)16/h9,11,13,15H,7-8,10H2,1-6H3/t13-,15-/m1/s1.